The molecule has 1 N–H and O–H groups in total. The van der Waals surface area contributed by atoms with Gasteiger partial charge in [0.2, 0.25) is 0 Å². The van der Waals surface area contributed by atoms with Gasteiger partial charge in [-0.25, -0.2) is 9.78 Å². The summed E-state index contributed by atoms with van der Waals surface area (Å²) >= 11 is 18.2. The highest BCUT2D eigenvalue weighted by Gasteiger charge is 2.35. The molecule has 5 rings (SSSR count). The zero-order chi connectivity index (χ0) is 29.3. The van der Waals surface area contributed by atoms with Gasteiger partial charge in [-0.1, -0.05) is 85.9 Å². The Labute approximate surface area is 254 Å². The van der Waals surface area contributed by atoms with Crippen molar-refractivity contribution in [1.29, 1.82) is 0 Å². The van der Waals surface area contributed by atoms with E-state index in [0.29, 0.717) is 43.6 Å². The Balaban J connectivity index is 1.53. The molecule has 1 unspecified atom stereocenters. The van der Waals surface area contributed by atoms with E-state index in [0.717, 1.165) is 28.8 Å². The smallest absolute Gasteiger partial charge is 0.339 e. The van der Waals surface area contributed by atoms with Crippen LogP contribution in [0.3, 0.4) is 0 Å². The quantitative estimate of drug-likeness (QED) is 0.230. The van der Waals surface area contributed by atoms with Crippen LogP contribution in [0.5, 0.6) is 0 Å². The third-order valence-corrected chi connectivity index (χ3v) is 8.02. The highest BCUT2D eigenvalue weighted by Crippen LogP contribution is 2.45. The van der Waals surface area contributed by atoms with Crippen LogP contribution in [-0.4, -0.2) is 23.5 Å². The highest BCUT2D eigenvalue weighted by atomic mass is 35.5. The van der Waals surface area contributed by atoms with Crippen LogP contribution in [-0.2, 0) is 16.0 Å². The number of pyridine rings is 1. The lowest BCUT2D eigenvalue weighted by Crippen LogP contribution is -2.29. The summed E-state index contributed by atoms with van der Waals surface area (Å²) < 4.78 is 5.61. The molecule has 0 bridgehead atoms. The van der Waals surface area contributed by atoms with Gasteiger partial charge in [0.25, 0.3) is 5.91 Å². The van der Waals surface area contributed by atoms with Crippen LogP contribution in [0.15, 0.2) is 66.7 Å². The van der Waals surface area contributed by atoms with E-state index >= 15 is 0 Å². The van der Waals surface area contributed by atoms with Crippen molar-refractivity contribution in [3.63, 3.8) is 0 Å². The minimum absolute atomic E-state index is 0.0261. The molecular weight excluding hydrogens is 579 g/mol. The lowest BCUT2D eigenvalue weighted by Gasteiger charge is -2.36. The van der Waals surface area contributed by atoms with E-state index in [4.69, 9.17) is 44.5 Å². The number of hydrogen-bond acceptors (Lipinski definition) is 4. The van der Waals surface area contributed by atoms with E-state index in [1.54, 1.807) is 18.2 Å². The lowest BCUT2D eigenvalue weighted by molar-refractivity contribution is -0.119. The summed E-state index contributed by atoms with van der Waals surface area (Å²) in [6, 6.07) is 19.9. The summed E-state index contributed by atoms with van der Waals surface area (Å²) in [5, 5.41) is 4.81. The number of para-hydroxylation sites is 1. The lowest BCUT2D eigenvalue weighted by atomic mass is 9.69. The molecule has 0 spiro atoms. The molecule has 1 atom stereocenters. The molecule has 1 amide bonds. The van der Waals surface area contributed by atoms with Crippen LogP contribution >= 0.6 is 34.8 Å². The first kappa shape index (κ1) is 29.1. The van der Waals surface area contributed by atoms with Gasteiger partial charge in [-0.05, 0) is 83.3 Å². The molecule has 0 aliphatic heterocycles. The summed E-state index contributed by atoms with van der Waals surface area (Å²) in [6.07, 6.45) is 3.59. The van der Waals surface area contributed by atoms with Gasteiger partial charge in [-0.2, -0.15) is 0 Å². The molecule has 5 nitrogen and oxygen atoms in total. The van der Waals surface area contributed by atoms with Gasteiger partial charge in [0.05, 0.1) is 16.8 Å². The molecule has 0 radical (unpaired) electrons. The van der Waals surface area contributed by atoms with Gasteiger partial charge in [0.1, 0.15) is 0 Å². The number of esters is 1. The van der Waals surface area contributed by atoms with Crippen LogP contribution in [0.1, 0.15) is 54.4 Å². The summed E-state index contributed by atoms with van der Waals surface area (Å²) in [7, 11) is 0. The van der Waals surface area contributed by atoms with Crippen molar-refractivity contribution in [2.75, 3.05) is 11.9 Å². The van der Waals surface area contributed by atoms with Crippen molar-refractivity contribution in [2.45, 2.75) is 33.6 Å². The van der Waals surface area contributed by atoms with Gasteiger partial charge in [-0.15, -0.1) is 0 Å². The number of allylic oxidation sites excluding steroid dienone is 1. The van der Waals surface area contributed by atoms with Crippen molar-refractivity contribution in [1.82, 2.24) is 4.98 Å². The van der Waals surface area contributed by atoms with Crippen molar-refractivity contribution in [3.05, 3.63) is 104 Å². The van der Waals surface area contributed by atoms with Gasteiger partial charge >= 0.3 is 5.97 Å². The number of carbonyl (C=O) groups excluding carboxylic acids is 2. The number of anilines is 1. The molecule has 0 fully saturated rings. The maximum absolute atomic E-state index is 13.7. The Hall–Kier alpha value is -3.38. The predicted molar refractivity (Wildman–Crippen MR) is 168 cm³/mol. The van der Waals surface area contributed by atoms with Crippen LogP contribution in [0.25, 0.3) is 22.6 Å². The zero-order valence-corrected chi connectivity index (χ0v) is 25.2. The number of halogens is 3. The van der Waals surface area contributed by atoms with E-state index in [1.165, 1.54) is 0 Å². The standard InChI is InChI=1S/C33H29Cl3N2O3/c1-33(2,3)21-13-20(12-19-8-10-22(34)11-9-19)31-27(14-21)30(26-6-4-5-7-28(26)38-31)32(40)41-18-29(39)37-25-16-23(35)15-24(36)17-25/h4-12,15-17,21H,13-14,18H2,1-3H3,(H,37,39). The summed E-state index contributed by atoms with van der Waals surface area (Å²) in [4.78, 5) is 31.5. The molecule has 1 heterocycles. The molecule has 4 aromatic rings. The van der Waals surface area contributed by atoms with Crippen LogP contribution in [0.4, 0.5) is 5.69 Å². The van der Waals surface area contributed by atoms with Crippen molar-refractivity contribution in [2.24, 2.45) is 11.3 Å². The minimum atomic E-state index is -0.570. The van der Waals surface area contributed by atoms with E-state index in [2.05, 4.69) is 32.2 Å². The van der Waals surface area contributed by atoms with Gasteiger partial charge < -0.3 is 10.1 Å². The number of carbonyl (C=O) groups is 2. The Kier molecular flexibility index (Phi) is 8.42. The van der Waals surface area contributed by atoms with Gasteiger partial charge in [0, 0.05) is 26.1 Å². The normalized spacial score (nSPS) is 16.0. The predicted octanol–water partition coefficient (Wildman–Crippen LogP) is 9.14. The molecule has 210 valence electrons. The zero-order valence-electron chi connectivity index (χ0n) is 22.9. The number of hydrogen-bond donors (Lipinski definition) is 1. The fraction of sp³-hybridized carbons (Fsp3) is 0.242. The summed E-state index contributed by atoms with van der Waals surface area (Å²) in [5.74, 6) is -0.821. The first-order valence-corrected chi connectivity index (χ1v) is 14.4. The van der Waals surface area contributed by atoms with E-state index in [1.807, 2.05) is 48.5 Å². The number of nitrogens with zero attached hydrogens (tertiary/aromatic N) is 1. The largest absolute Gasteiger partial charge is 0.452 e. The number of rotatable bonds is 5. The van der Waals surface area contributed by atoms with E-state index < -0.39 is 18.5 Å². The number of aromatic nitrogens is 1. The number of amides is 1. The average molecular weight is 608 g/mol. The number of fused-ring (bicyclic) bond motifs is 2. The molecule has 0 saturated heterocycles. The Bertz CT molecular complexity index is 1650. The number of ether oxygens (including phenoxy) is 1. The third-order valence-electron chi connectivity index (χ3n) is 7.33. The maximum Gasteiger partial charge on any atom is 0.339 e. The fourth-order valence-corrected chi connectivity index (χ4v) is 5.81. The van der Waals surface area contributed by atoms with Crippen molar-refractivity contribution < 1.29 is 14.3 Å². The minimum Gasteiger partial charge on any atom is -0.452 e. The summed E-state index contributed by atoms with van der Waals surface area (Å²) in [5.41, 5.74) is 5.19. The average Bonchev–Trinajstić information content (AvgIpc) is 2.90. The second kappa shape index (κ2) is 11.8. The molecule has 3 aromatic carbocycles. The number of benzene rings is 3. The molecule has 1 aliphatic carbocycles. The van der Waals surface area contributed by atoms with Crippen LogP contribution < -0.4 is 5.32 Å². The van der Waals surface area contributed by atoms with Gasteiger partial charge in [-0.3, -0.25) is 4.79 Å². The monoisotopic (exact) mass is 606 g/mol. The molecule has 1 aromatic heterocycles. The fourth-order valence-electron chi connectivity index (χ4n) is 5.16. The van der Waals surface area contributed by atoms with E-state index in [9.17, 15) is 9.59 Å². The first-order valence-electron chi connectivity index (χ1n) is 13.3. The highest BCUT2D eigenvalue weighted by molar-refractivity contribution is 6.35. The second-order valence-electron chi connectivity index (χ2n) is 11.3. The molecular formula is C33H29Cl3N2O3. The van der Waals surface area contributed by atoms with E-state index in [-0.39, 0.29) is 11.3 Å². The molecule has 41 heavy (non-hydrogen) atoms. The van der Waals surface area contributed by atoms with Gasteiger partial charge in [0.15, 0.2) is 6.61 Å². The Morgan fingerprint density at radius 1 is 0.951 bits per heavy atom. The Morgan fingerprint density at radius 2 is 1.63 bits per heavy atom. The third kappa shape index (κ3) is 6.75. The van der Waals surface area contributed by atoms with Crippen LogP contribution in [0.2, 0.25) is 15.1 Å². The van der Waals surface area contributed by atoms with Crippen molar-refractivity contribution >= 4 is 74.9 Å². The first-order chi connectivity index (χ1) is 19.5. The van der Waals surface area contributed by atoms with Crippen molar-refractivity contribution in [3.8, 4) is 0 Å². The van der Waals surface area contributed by atoms with Crippen LogP contribution in [0, 0.1) is 11.3 Å². The molecule has 8 heteroatoms. The SMILES string of the molecule is CC(C)(C)C1CC(=Cc2ccc(Cl)cc2)c2nc3ccccc3c(C(=O)OCC(=O)Nc3cc(Cl)cc(Cl)c3)c2C1. The molecule has 0 saturated carbocycles. The number of nitrogens with one attached hydrogen (secondary N) is 1. The Morgan fingerprint density at radius 3 is 2.32 bits per heavy atom. The maximum atomic E-state index is 13.7. The second-order valence-corrected chi connectivity index (χ2v) is 12.6. The topological polar surface area (TPSA) is 68.3 Å². The molecule has 1 aliphatic rings. The summed E-state index contributed by atoms with van der Waals surface area (Å²) in [6.45, 7) is 6.16.